The molecule has 0 aromatic heterocycles. The first kappa shape index (κ1) is 15.7. The molecule has 18 heavy (non-hydrogen) atoms. The first-order valence-electron chi connectivity index (χ1n) is 5.93. The second kappa shape index (κ2) is 5.75. The number of nitrogens with two attached hydrogens (primary N) is 1. The lowest BCUT2D eigenvalue weighted by molar-refractivity contribution is -0.134. The Morgan fingerprint density at radius 3 is 2.50 bits per heavy atom. The zero-order valence-corrected chi connectivity index (χ0v) is 11.1. The standard InChI is InChI=1S/C10H19F3N2O2S/c1-8-3-5-15(9(8)7-14)18(16,17)6-2-4-10(11,12)13/h8-9H,2-7,14H2,1H3. The maximum atomic E-state index is 12.0. The summed E-state index contributed by atoms with van der Waals surface area (Å²) in [6, 6.07) is -0.277. The lowest BCUT2D eigenvalue weighted by atomic mass is 10.0. The highest BCUT2D eigenvalue weighted by atomic mass is 32.2. The molecule has 1 rings (SSSR count). The average Bonchev–Trinajstić information content (AvgIpc) is 2.57. The molecule has 0 saturated carbocycles. The molecule has 0 aromatic rings. The predicted octanol–water partition coefficient (Wildman–Crippen LogP) is 1.33. The molecule has 8 heteroatoms. The van der Waals surface area contributed by atoms with E-state index in [0.717, 1.165) is 0 Å². The fourth-order valence-corrected chi connectivity index (χ4v) is 4.07. The summed E-state index contributed by atoms with van der Waals surface area (Å²) in [6.45, 7) is 2.47. The average molecular weight is 288 g/mol. The van der Waals surface area contributed by atoms with Crippen molar-refractivity contribution in [1.29, 1.82) is 0 Å². The van der Waals surface area contributed by atoms with Crippen molar-refractivity contribution in [3.63, 3.8) is 0 Å². The predicted molar refractivity (Wildman–Crippen MR) is 62.4 cm³/mol. The van der Waals surface area contributed by atoms with E-state index in [1.807, 2.05) is 6.92 Å². The Hall–Kier alpha value is -0.340. The van der Waals surface area contributed by atoms with E-state index in [4.69, 9.17) is 5.73 Å². The highest BCUT2D eigenvalue weighted by Gasteiger charge is 2.38. The molecular formula is C10H19F3N2O2S. The summed E-state index contributed by atoms with van der Waals surface area (Å²) in [5.74, 6) is -0.303. The third kappa shape index (κ3) is 4.10. The van der Waals surface area contributed by atoms with E-state index >= 15 is 0 Å². The smallest absolute Gasteiger partial charge is 0.329 e. The van der Waals surface area contributed by atoms with Gasteiger partial charge in [-0.05, 0) is 18.8 Å². The van der Waals surface area contributed by atoms with Gasteiger partial charge in [0.25, 0.3) is 0 Å². The van der Waals surface area contributed by atoms with E-state index in [1.165, 1.54) is 4.31 Å². The molecule has 0 aromatic carbocycles. The van der Waals surface area contributed by atoms with Gasteiger partial charge < -0.3 is 5.73 Å². The van der Waals surface area contributed by atoms with Crippen molar-refractivity contribution >= 4 is 10.0 Å². The van der Waals surface area contributed by atoms with Crippen LogP contribution in [0.1, 0.15) is 26.2 Å². The third-order valence-corrected chi connectivity index (χ3v) is 5.27. The zero-order chi connectivity index (χ0) is 14.0. The molecule has 0 amide bonds. The van der Waals surface area contributed by atoms with Crippen LogP contribution in [0.5, 0.6) is 0 Å². The molecule has 1 fully saturated rings. The topological polar surface area (TPSA) is 63.4 Å². The van der Waals surface area contributed by atoms with Gasteiger partial charge in [0.15, 0.2) is 0 Å². The molecule has 0 aliphatic carbocycles. The Bertz CT molecular complexity index is 370. The molecule has 108 valence electrons. The molecule has 1 heterocycles. The van der Waals surface area contributed by atoms with Crippen molar-refractivity contribution in [2.75, 3.05) is 18.8 Å². The molecule has 1 saturated heterocycles. The third-order valence-electron chi connectivity index (χ3n) is 3.29. The summed E-state index contributed by atoms with van der Waals surface area (Å²) in [7, 11) is -3.62. The largest absolute Gasteiger partial charge is 0.389 e. The number of nitrogens with zero attached hydrogens (tertiary/aromatic N) is 1. The number of hydrogen-bond acceptors (Lipinski definition) is 3. The summed E-state index contributed by atoms with van der Waals surface area (Å²) >= 11 is 0. The molecule has 1 aliphatic rings. The maximum Gasteiger partial charge on any atom is 0.389 e. The van der Waals surface area contributed by atoms with E-state index in [2.05, 4.69) is 0 Å². The summed E-state index contributed by atoms with van der Waals surface area (Å²) in [4.78, 5) is 0. The van der Waals surface area contributed by atoms with Crippen LogP contribution in [0.2, 0.25) is 0 Å². The molecule has 1 aliphatic heterocycles. The van der Waals surface area contributed by atoms with Crippen LogP contribution in [0.25, 0.3) is 0 Å². The van der Waals surface area contributed by atoms with Crippen LogP contribution in [0.15, 0.2) is 0 Å². The Balaban J connectivity index is 2.59. The van der Waals surface area contributed by atoms with E-state index in [-0.39, 0.29) is 18.5 Å². The van der Waals surface area contributed by atoms with Crippen LogP contribution in [-0.2, 0) is 10.0 Å². The quantitative estimate of drug-likeness (QED) is 0.830. The molecular weight excluding hydrogens is 269 g/mol. The maximum absolute atomic E-state index is 12.0. The molecule has 0 bridgehead atoms. The highest BCUT2D eigenvalue weighted by Crippen LogP contribution is 2.27. The summed E-state index contributed by atoms with van der Waals surface area (Å²) < 4.78 is 61.1. The van der Waals surface area contributed by atoms with Crippen molar-refractivity contribution in [2.24, 2.45) is 11.7 Å². The zero-order valence-electron chi connectivity index (χ0n) is 10.3. The summed E-state index contributed by atoms with van der Waals surface area (Å²) in [6.07, 6.45) is -5.06. The van der Waals surface area contributed by atoms with Crippen LogP contribution in [0.4, 0.5) is 13.2 Å². The van der Waals surface area contributed by atoms with E-state index in [0.29, 0.717) is 13.0 Å². The molecule has 0 radical (unpaired) electrons. The fraction of sp³-hybridized carbons (Fsp3) is 1.00. The van der Waals surface area contributed by atoms with Crippen molar-refractivity contribution in [3.05, 3.63) is 0 Å². The van der Waals surface area contributed by atoms with Crippen LogP contribution in [0.3, 0.4) is 0 Å². The van der Waals surface area contributed by atoms with E-state index in [9.17, 15) is 21.6 Å². The Kier molecular flexibility index (Phi) is 5.02. The summed E-state index contributed by atoms with van der Waals surface area (Å²) in [5, 5.41) is 0. The van der Waals surface area contributed by atoms with Crippen LogP contribution < -0.4 is 5.73 Å². The van der Waals surface area contributed by atoms with Gasteiger partial charge in [-0.25, -0.2) is 8.42 Å². The lowest BCUT2D eigenvalue weighted by Crippen LogP contribution is -2.43. The van der Waals surface area contributed by atoms with Gasteiger partial charge in [0.2, 0.25) is 10.0 Å². The van der Waals surface area contributed by atoms with Gasteiger partial charge >= 0.3 is 6.18 Å². The SMILES string of the molecule is CC1CCN(S(=O)(=O)CCCC(F)(F)F)C1CN. The van der Waals surface area contributed by atoms with Gasteiger partial charge in [-0.2, -0.15) is 17.5 Å². The number of hydrogen-bond donors (Lipinski definition) is 1. The second-order valence-corrected chi connectivity index (χ2v) is 6.76. The number of rotatable bonds is 5. The van der Waals surface area contributed by atoms with Crippen molar-refractivity contribution < 1.29 is 21.6 Å². The molecule has 0 spiro atoms. The van der Waals surface area contributed by atoms with Gasteiger partial charge in [0.1, 0.15) is 0 Å². The molecule has 2 atom stereocenters. The van der Waals surface area contributed by atoms with E-state index in [1.54, 1.807) is 0 Å². The number of halogens is 3. The van der Waals surface area contributed by atoms with Crippen LogP contribution >= 0.6 is 0 Å². The van der Waals surface area contributed by atoms with Crippen LogP contribution in [-0.4, -0.2) is 43.8 Å². The van der Waals surface area contributed by atoms with E-state index < -0.39 is 34.8 Å². The normalized spacial score (nSPS) is 26.7. The summed E-state index contributed by atoms with van der Waals surface area (Å²) in [5.41, 5.74) is 5.52. The number of alkyl halides is 3. The number of sulfonamides is 1. The molecule has 4 nitrogen and oxygen atoms in total. The second-order valence-electron chi connectivity index (χ2n) is 4.71. The molecule has 2 N–H and O–H groups in total. The first-order valence-corrected chi connectivity index (χ1v) is 7.54. The van der Waals surface area contributed by atoms with Gasteiger partial charge in [-0.15, -0.1) is 0 Å². The van der Waals surface area contributed by atoms with Gasteiger partial charge in [-0.3, -0.25) is 0 Å². The van der Waals surface area contributed by atoms with Crippen molar-refractivity contribution in [2.45, 2.75) is 38.4 Å². The van der Waals surface area contributed by atoms with Crippen LogP contribution in [0, 0.1) is 5.92 Å². The van der Waals surface area contributed by atoms with Crippen molar-refractivity contribution in [3.8, 4) is 0 Å². The Morgan fingerprint density at radius 2 is 2.00 bits per heavy atom. The highest BCUT2D eigenvalue weighted by molar-refractivity contribution is 7.89. The minimum absolute atomic E-state index is 0.160. The fourth-order valence-electron chi connectivity index (χ4n) is 2.24. The Labute approximate surface area is 105 Å². The molecule has 2 unspecified atom stereocenters. The van der Waals surface area contributed by atoms with Gasteiger partial charge in [-0.1, -0.05) is 6.92 Å². The van der Waals surface area contributed by atoms with Crippen molar-refractivity contribution in [1.82, 2.24) is 4.31 Å². The van der Waals surface area contributed by atoms with Gasteiger partial charge in [0, 0.05) is 25.6 Å². The minimum Gasteiger partial charge on any atom is -0.329 e. The monoisotopic (exact) mass is 288 g/mol. The first-order chi connectivity index (χ1) is 8.17. The Morgan fingerprint density at radius 1 is 1.39 bits per heavy atom. The van der Waals surface area contributed by atoms with Gasteiger partial charge in [0.05, 0.1) is 5.75 Å². The lowest BCUT2D eigenvalue weighted by Gasteiger charge is -2.25. The minimum atomic E-state index is -4.30.